The second-order valence-corrected chi connectivity index (χ2v) is 6.43. The standard InChI is InChI=1S/C17H24N2O2/c1-17(2,3)12-7-9-19(10-8-12)16(20)14-11-13(21-4)5-6-15(14)18/h5-7,11H,8-10,18H2,1-4H3. The lowest BCUT2D eigenvalue weighted by molar-refractivity contribution is 0.0765. The molecular formula is C17H24N2O2. The summed E-state index contributed by atoms with van der Waals surface area (Å²) in [5.41, 5.74) is 8.52. The Labute approximate surface area is 126 Å². The van der Waals surface area contributed by atoms with E-state index in [2.05, 4.69) is 26.8 Å². The predicted octanol–water partition coefficient (Wildman–Crippen LogP) is 3.10. The van der Waals surface area contributed by atoms with Crippen molar-refractivity contribution in [3.8, 4) is 5.75 Å². The maximum absolute atomic E-state index is 12.6. The van der Waals surface area contributed by atoms with Crippen LogP contribution in [0.15, 0.2) is 29.8 Å². The third-order valence-electron chi connectivity index (χ3n) is 3.95. The molecule has 0 saturated carbocycles. The van der Waals surface area contributed by atoms with Crippen molar-refractivity contribution in [1.29, 1.82) is 0 Å². The van der Waals surface area contributed by atoms with E-state index in [9.17, 15) is 4.79 Å². The molecular weight excluding hydrogens is 264 g/mol. The maximum atomic E-state index is 12.6. The van der Waals surface area contributed by atoms with Crippen LogP contribution in [0.3, 0.4) is 0 Å². The van der Waals surface area contributed by atoms with Gasteiger partial charge in [0.25, 0.3) is 5.91 Å². The Morgan fingerprint density at radius 2 is 2.05 bits per heavy atom. The van der Waals surface area contributed by atoms with Crippen LogP contribution >= 0.6 is 0 Å². The number of nitrogen functional groups attached to an aromatic ring is 1. The van der Waals surface area contributed by atoms with Gasteiger partial charge in [-0.1, -0.05) is 32.4 Å². The van der Waals surface area contributed by atoms with Gasteiger partial charge >= 0.3 is 0 Å². The minimum atomic E-state index is -0.0318. The fourth-order valence-corrected chi connectivity index (χ4v) is 2.55. The fourth-order valence-electron chi connectivity index (χ4n) is 2.55. The minimum absolute atomic E-state index is 0.0318. The Morgan fingerprint density at radius 3 is 2.57 bits per heavy atom. The molecule has 0 aromatic heterocycles. The van der Waals surface area contributed by atoms with Crippen LogP contribution in [-0.4, -0.2) is 31.0 Å². The molecule has 1 aliphatic heterocycles. The van der Waals surface area contributed by atoms with Crippen LogP contribution in [0.1, 0.15) is 37.6 Å². The monoisotopic (exact) mass is 288 g/mol. The summed E-state index contributed by atoms with van der Waals surface area (Å²) in [6.07, 6.45) is 3.08. The summed E-state index contributed by atoms with van der Waals surface area (Å²) in [4.78, 5) is 14.4. The Balaban J connectivity index is 2.18. The van der Waals surface area contributed by atoms with E-state index in [-0.39, 0.29) is 11.3 Å². The van der Waals surface area contributed by atoms with Gasteiger partial charge < -0.3 is 15.4 Å². The molecule has 1 amide bonds. The van der Waals surface area contributed by atoms with Crippen molar-refractivity contribution >= 4 is 11.6 Å². The molecule has 4 nitrogen and oxygen atoms in total. The molecule has 0 bridgehead atoms. The second kappa shape index (κ2) is 5.80. The average Bonchev–Trinajstić information content (AvgIpc) is 2.46. The van der Waals surface area contributed by atoms with Crippen molar-refractivity contribution in [2.24, 2.45) is 5.41 Å². The zero-order chi connectivity index (χ0) is 15.6. The second-order valence-electron chi connectivity index (χ2n) is 6.43. The fraction of sp³-hybridized carbons (Fsp3) is 0.471. The summed E-state index contributed by atoms with van der Waals surface area (Å²) >= 11 is 0. The van der Waals surface area contributed by atoms with E-state index in [1.54, 1.807) is 25.3 Å². The van der Waals surface area contributed by atoms with Gasteiger partial charge in [0.1, 0.15) is 5.75 Å². The van der Waals surface area contributed by atoms with Gasteiger partial charge in [-0.25, -0.2) is 0 Å². The van der Waals surface area contributed by atoms with Gasteiger partial charge in [-0.15, -0.1) is 0 Å². The summed E-state index contributed by atoms with van der Waals surface area (Å²) in [6, 6.07) is 5.19. The van der Waals surface area contributed by atoms with Crippen LogP contribution in [0, 0.1) is 5.41 Å². The molecule has 114 valence electrons. The van der Waals surface area contributed by atoms with Crippen molar-refractivity contribution in [1.82, 2.24) is 4.90 Å². The summed E-state index contributed by atoms with van der Waals surface area (Å²) in [5, 5.41) is 0. The van der Waals surface area contributed by atoms with Crippen molar-refractivity contribution < 1.29 is 9.53 Å². The number of ether oxygens (including phenoxy) is 1. The number of nitrogens with zero attached hydrogens (tertiary/aromatic N) is 1. The molecule has 1 aromatic carbocycles. The lowest BCUT2D eigenvalue weighted by Crippen LogP contribution is -2.36. The molecule has 0 atom stereocenters. The van der Waals surface area contributed by atoms with Crippen LogP contribution in [0.5, 0.6) is 5.75 Å². The van der Waals surface area contributed by atoms with E-state index >= 15 is 0 Å². The largest absolute Gasteiger partial charge is 0.497 e. The summed E-state index contributed by atoms with van der Waals surface area (Å²) in [5.74, 6) is 0.617. The molecule has 0 aliphatic carbocycles. The highest BCUT2D eigenvalue weighted by atomic mass is 16.5. The number of methoxy groups -OCH3 is 1. The molecule has 4 heteroatoms. The van der Waals surface area contributed by atoms with Crippen molar-refractivity contribution in [2.75, 3.05) is 25.9 Å². The van der Waals surface area contributed by atoms with Crippen molar-refractivity contribution in [3.05, 3.63) is 35.4 Å². The third kappa shape index (κ3) is 3.38. The maximum Gasteiger partial charge on any atom is 0.256 e. The number of carbonyl (C=O) groups excluding carboxylic acids is 1. The molecule has 1 aliphatic rings. The first-order valence-corrected chi connectivity index (χ1v) is 7.25. The number of anilines is 1. The van der Waals surface area contributed by atoms with Crippen LogP contribution in [0.2, 0.25) is 0 Å². The molecule has 0 spiro atoms. The Bertz CT molecular complexity index is 571. The van der Waals surface area contributed by atoms with Gasteiger partial charge in [-0.3, -0.25) is 4.79 Å². The number of hydrogen-bond donors (Lipinski definition) is 1. The van der Waals surface area contributed by atoms with E-state index < -0.39 is 0 Å². The Morgan fingerprint density at radius 1 is 1.33 bits per heavy atom. The number of rotatable bonds is 2. The first-order chi connectivity index (χ1) is 9.82. The lowest BCUT2D eigenvalue weighted by atomic mass is 9.83. The number of nitrogens with two attached hydrogens (primary N) is 1. The molecule has 21 heavy (non-hydrogen) atoms. The van der Waals surface area contributed by atoms with E-state index in [1.165, 1.54) is 5.57 Å². The van der Waals surface area contributed by atoms with Crippen molar-refractivity contribution in [2.45, 2.75) is 27.2 Å². The van der Waals surface area contributed by atoms with E-state index in [4.69, 9.17) is 10.5 Å². The zero-order valence-corrected chi connectivity index (χ0v) is 13.3. The van der Waals surface area contributed by atoms with Gasteiger partial charge in [0.05, 0.1) is 12.7 Å². The lowest BCUT2D eigenvalue weighted by Gasteiger charge is -2.32. The van der Waals surface area contributed by atoms with E-state index in [1.807, 2.05) is 4.90 Å². The quantitative estimate of drug-likeness (QED) is 0.672. The Hall–Kier alpha value is -1.97. The van der Waals surface area contributed by atoms with Crippen LogP contribution < -0.4 is 10.5 Å². The van der Waals surface area contributed by atoms with Gasteiger partial charge in [-0.2, -0.15) is 0 Å². The van der Waals surface area contributed by atoms with E-state index in [0.29, 0.717) is 23.5 Å². The third-order valence-corrected chi connectivity index (χ3v) is 3.95. The minimum Gasteiger partial charge on any atom is -0.497 e. The Kier molecular flexibility index (Phi) is 4.26. The highest BCUT2D eigenvalue weighted by Gasteiger charge is 2.25. The molecule has 2 rings (SSSR count). The molecule has 1 heterocycles. The zero-order valence-electron chi connectivity index (χ0n) is 13.3. The topological polar surface area (TPSA) is 55.6 Å². The molecule has 0 unspecified atom stereocenters. The summed E-state index contributed by atoms with van der Waals surface area (Å²) in [6.45, 7) is 7.99. The van der Waals surface area contributed by atoms with Crippen LogP contribution in [0.4, 0.5) is 5.69 Å². The smallest absolute Gasteiger partial charge is 0.256 e. The van der Waals surface area contributed by atoms with Crippen molar-refractivity contribution in [3.63, 3.8) is 0 Å². The first kappa shape index (κ1) is 15.4. The summed E-state index contributed by atoms with van der Waals surface area (Å²) < 4.78 is 5.17. The predicted molar refractivity (Wildman–Crippen MR) is 85.5 cm³/mol. The van der Waals surface area contributed by atoms with Crippen LogP contribution in [0.25, 0.3) is 0 Å². The normalized spacial score (nSPS) is 15.6. The van der Waals surface area contributed by atoms with Gasteiger partial charge in [-0.05, 0) is 30.0 Å². The number of benzene rings is 1. The van der Waals surface area contributed by atoms with Gasteiger partial charge in [0.15, 0.2) is 0 Å². The molecule has 0 saturated heterocycles. The number of amides is 1. The van der Waals surface area contributed by atoms with E-state index in [0.717, 1.165) is 13.0 Å². The number of hydrogen-bond acceptors (Lipinski definition) is 3. The highest BCUT2D eigenvalue weighted by molar-refractivity contribution is 5.99. The molecule has 0 fully saturated rings. The first-order valence-electron chi connectivity index (χ1n) is 7.25. The summed E-state index contributed by atoms with van der Waals surface area (Å²) in [7, 11) is 1.58. The molecule has 1 aromatic rings. The molecule has 0 radical (unpaired) electrons. The molecule has 2 N–H and O–H groups in total. The number of carbonyl (C=O) groups is 1. The van der Waals surface area contributed by atoms with Gasteiger partial charge in [0, 0.05) is 18.8 Å². The highest BCUT2D eigenvalue weighted by Crippen LogP contribution is 2.31. The SMILES string of the molecule is COc1ccc(N)c(C(=O)N2CC=C(C(C)(C)C)CC2)c1. The average molecular weight is 288 g/mol. The van der Waals surface area contributed by atoms with Crippen LogP contribution in [-0.2, 0) is 0 Å². The van der Waals surface area contributed by atoms with Gasteiger partial charge in [0.2, 0.25) is 0 Å².